The van der Waals surface area contributed by atoms with E-state index >= 15 is 0 Å². The lowest BCUT2D eigenvalue weighted by atomic mass is 10.2. The molecule has 4 rings (SSSR count). The molecule has 2 aliphatic heterocycles. The molecule has 28 heavy (non-hydrogen) atoms. The number of H-pyrrole nitrogens is 1. The molecule has 2 fully saturated rings. The Labute approximate surface area is 167 Å². The van der Waals surface area contributed by atoms with Gasteiger partial charge in [0.05, 0.1) is 46.3 Å². The highest BCUT2D eigenvalue weighted by molar-refractivity contribution is 7.89. The number of sulfonamides is 1. The van der Waals surface area contributed by atoms with Crippen LogP contribution in [0.5, 0.6) is 0 Å². The molecule has 2 aromatic rings. The van der Waals surface area contributed by atoms with Crippen molar-refractivity contribution in [2.45, 2.75) is 4.90 Å². The second kappa shape index (κ2) is 8.06. The quantitative estimate of drug-likeness (QED) is 0.737. The molecule has 0 bridgehead atoms. The molecule has 2 N–H and O–H groups in total. The number of pyridine rings is 1. The fourth-order valence-corrected chi connectivity index (χ4v) is 5.27. The van der Waals surface area contributed by atoms with Crippen LogP contribution in [0.25, 0.3) is 0 Å². The number of aromatic amines is 1. The number of anilines is 2. The van der Waals surface area contributed by atoms with Gasteiger partial charge in [0.2, 0.25) is 10.0 Å². The summed E-state index contributed by atoms with van der Waals surface area (Å²) in [5, 5.41) is 0. The van der Waals surface area contributed by atoms with E-state index in [0.29, 0.717) is 18.0 Å². The second-order valence-electron chi connectivity index (χ2n) is 7.58. The second-order valence-corrected chi connectivity index (χ2v) is 9.52. The lowest BCUT2D eigenvalue weighted by Gasteiger charge is -2.32. The number of benzene rings is 1. The minimum Gasteiger partial charge on any atom is -0.364 e. The summed E-state index contributed by atoms with van der Waals surface area (Å²) in [6.45, 7) is 6.56. The van der Waals surface area contributed by atoms with Gasteiger partial charge in [-0.2, -0.15) is 4.31 Å². The molecule has 1 aromatic heterocycles. The Kier molecular flexibility index (Phi) is 5.52. The van der Waals surface area contributed by atoms with Gasteiger partial charge in [-0.05, 0) is 18.2 Å². The van der Waals surface area contributed by atoms with Gasteiger partial charge in [0.1, 0.15) is 24.2 Å². The highest BCUT2D eigenvalue weighted by atomic mass is 32.2. The maximum atomic E-state index is 12.9. The van der Waals surface area contributed by atoms with Gasteiger partial charge in [0.25, 0.3) is 5.82 Å². The minimum absolute atomic E-state index is 0.346. The topological polar surface area (TPSA) is 62.4 Å². The summed E-state index contributed by atoms with van der Waals surface area (Å²) < 4.78 is 27.3. The summed E-state index contributed by atoms with van der Waals surface area (Å²) >= 11 is 0. The fourth-order valence-electron chi connectivity index (χ4n) is 3.86. The Balaban J connectivity index is 1.40. The molecule has 2 aliphatic rings. The molecule has 8 heteroatoms. The maximum Gasteiger partial charge on any atom is 0.274 e. The van der Waals surface area contributed by atoms with Gasteiger partial charge in [-0.25, -0.2) is 13.4 Å². The van der Waals surface area contributed by atoms with E-state index in [1.54, 1.807) is 16.6 Å². The Morgan fingerprint density at radius 2 is 1.50 bits per heavy atom. The molecule has 0 aliphatic carbocycles. The number of nitrogens with zero attached hydrogens (tertiary/aromatic N) is 3. The summed E-state index contributed by atoms with van der Waals surface area (Å²) in [7, 11) is -1.31. The van der Waals surface area contributed by atoms with Crippen LogP contribution >= 0.6 is 0 Å². The fraction of sp³-hybridized carbons (Fsp3) is 0.450. The molecular formula is C20H29N5O2S+2. The predicted molar refractivity (Wildman–Crippen MR) is 109 cm³/mol. The van der Waals surface area contributed by atoms with E-state index in [2.05, 4.69) is 46.1 Å². The smallest absolute Gasteiger partial charge is 0.274 e. The first-order chi connectivity index (χ1) is 13.5. The SMILES string of the molecule is C[NH+]1CCN(S(=O)(=O)c2ccc(N3CCN(c4ccccc4)CC3)[nH+]c2)CC1. The van der Waals surface area contributed by atoms with Crippen LogP contribution in [0.1, 0.15) is 0 Å². The van der Waals surface area contributed by atoms with Gasteiger partial charge in [-0.15, -0.1) is 0 Å². The van der Waals surface area contributed by atoms with Crippen molar-refractivity contribution < 1.29 is 18.3 Å². The zero-order valence-electron chi connectivity index (χ0n) is 16.3. The number of aromatic nitrogens is 1. The predicted octanol–water partition coefficient (Wildman–Crippen LogP) is -0.654. The van der Waals surface area contributed by atoms with Gasteiger partial charge < -0.3 is 9.80 Å². The van der Waals surface area contributed by atoms with Crippen LogP contribution in [0.15, 0.2) is 53.6 Å². The van der Waals surface area contributed by atoms with Crippen molar-refractivity contribution in [3.63, 3.8) is 0 Å². The third kappa shape index (κ3) is 3.99. The highest BCUT2D eigenvalue weighted by Gasteiger charge is 2.30. The Morgan fingerprint density at radius 3 is 2.11 bits per heavy atom. The Morgan fingerprint density at radius 1 is 0.857 bits per heavy atom. The molecule has 0 spiro atoms. The Bertz CT molecular complexity index is 873. The number of para-hydroxylation sites is 1. The number of hydrogen-bond donors (Lipinski definition) is 1. The van der Waals surface area contributed by atoms with Gasteiger partial charge in [-0.1, -0.05) is 18.2 Å². The van der Waals surface area contributed by atoms with Crippen LogP contribution in [-0.2, 0) is 10.0 Å². The largest absolute Gasteiger partial charge is 0.364 e. The summed E-state index contributed by atoms with van der Waals surface area (Å²) in [6.07, 6.45) is 1.64. The third-order valence-electron chi connectivity index (χ3n) is 5.72. The van der Waals surface area contributed by atoms with E-state index in [1.165, 1.54) is 10.6 Å². The van der Waals surface area contributed by atoms with Gasteiger partial charge >= 0.3 is 0 Å². The molecule has 2 saturated heterocycles. The van der Waals surface area contributed by atoms with Crippen molar-refractivity contribution in [2.75, 3.05) is 69.2 Å². The first-order valence-corrected chi connectivity index (χ1v) is 11.4. The van der Waals surface area contributed by atoms with E-state index in [0.717, 1.165) is 45.1 Å². The summed E-state index contributed by atoms with van der Waals surface area (Å²) in [4.78, 5) is 9.59. The average Bonchev–Trinajstić information content (AvgIpc) is 2.75. The molecule has 7 nitrogen and oxygen atoms in total. The molecule has 1 aromatic carbocycles. The van der Waals surface area contributed by atoms with Crippen molar-refractivity contribution in [1.29, 1.82) is 0 Å². The Hall–Kier alpha value is -2.16. The van der Waals surface area contributed by atoms with Gasteiger partial charge in [-0.3, -0.25) is 4.90 Å². The molecule has 0 unspecified atom stereocenters. The summed E-state index contributed by atoms with van der Waals surface area (Å²) in [6, 6.07) is 14.1. The number of piperazine rings is 2. The van der Waals surface area contributed by atoms with E-state index in [-0.39, 0.29) is 0 Å². The van der Waals surface area contributed by atoms with Crippen molar-refractivity contribution in [1.82, 2.24) is 4.31 Å². The molecular weight excluding hydrogens is 374 g/mol. The van der Waals surface area contributed by atoms with Gasteiger partial charge in [0.15, 0.2) is 0 Å². The summed E-state index contributed by atoms with van der Waals surface area (Å²) in [5.41, 5.74) is 1.25. The number of rotatable bonds is 4. The molecule has 3 heterocycles. The molecule has 0 atom stereocenters. The number of likely N-dealkylation sites (N-methyl/N-ethyl adjacent to an activating group) is 1. The molecule has 150 valence electrons. The zero-order valence-corrected chi connectivity index (χ0v) is 17.2. The van der Waals surface area contributed by atoms with Crippen LogP contribution in [0.3, 0.4) is 0 Å². The number of quaternary nitrogens is 1. The van der Waals surface area contributed by atoms with Crippen molar-refractivity contribution in [3.8, 4) is 0 Å². The lowest BCUT2D eigenvalue weighted by Crippen LogP contribution is -3.12. The normalized spacial score (nSPS) is 19.8. The lowest BCUT2D eigenvalue weighted by molar-refractivity contribution is -0.883. The molecule has 0 radical (unpaired) electrons. The van der Waals surface area contributed by atoms with E-state index in [4.69, 9.17) is 0 Å². The molecule has 0 amide bonds. The van der Waals surface area contributed by atoms with Crippen molar-refractivity contribution in [2.24, 2.45) is 0 Å². The number of nitrogens with one attached hydrogen (secondary N) is 2. The van der Waals surface area contributed by atoms with E-state index in [1.807, 2.05) is 12.1 Å². The van der Waals surface area contributed by atoms with E-state index < -0.39 is 10.0 Å². The van der Waals surface area contributed by atoms with Crippen LogP contribution in [0.4, 0.5) is 11.5 Å². The first kappa shape index (κ1) is 19.2. The third-order valence-corrected chi connectivity index (χ3v) is 7.62. The van der Waals surface area contributed by atoms with Crippen molar-refractivity contribution in [3.05, 3.63) is 48.7 Å². The van der Waals surface area contributed by atoms with Crippen LogP contribution in [0, 0.1) is 0 Å². The van der Waals surface area contributed by atoms with Gasteiger partial charge in [0, 0.05) is 11.8 Å². The van der Waals surface area contributed by atoms with Crippen LogP contribution in [-0.4, -0.2) is 72.1 Å². The summed E-state index contributed by atoms with van der Waals surface area (Å²) in [5.74, 6) is 0.967. The zero-order chi connectivity index (χ0) is 19.6. The monoisotopic (exact) mass is 403 g/mol. The average molecular weight is 404 g/mol. The molecule has 0 saturated carbocycles. The number of hydrogen-bond acceptors (Lipinski definition) is 4. The first-order valence-electron chi connectivity index (χ1n) is 9.92. The van der Waals surface area contributed by atoms with Crippen LogP contribution in [0.2, 0.25) is 0 Å². The highest BCUT2D eigenvalue weighted by Crippen LogP contribution is 2.19. The maximum absolute atomic E-state index is 12.9. The van der Waals surface area contributed by atoms with E-state index in [9.17, 15) is 8.42 Å². The minimum atomic E-state index is -3.42. The standard InChI is InChI=1S/C20H27N5O2S/c1-22-9-15-25(16-10-22)28(26,27)19-7-8-20(21-17-19)24-13-11-23(12-14-24)18-5-3-2-4-6-18/h2-8,17H,9-16H2,1H3/p+2. The van der Waals surface area contributed by atoms with Crippen molar-refractivity contribution >= 4 is 21.5 Å². The van der Waals surface area contributed by atoms with Crippen LogP contribution < -0.4 is 19.7 Å².